The molecule has 0 aliphatic heterocycles. The number of aliphatic imine (C=N–C) groups is 1. The topological polar surface area (TPSA) is 54.9 Å². The first-order valence-electron chi connectivity index (χ1n) is 7.18. The van der Waals surface area contributed by atoms with Crippen LogP contribution in [0, 0.1) is 12.3 Å². The summed E-state index contributed by atoms with van der Waals surface area (Å²) < 4.78 is 34.2. The number of halogens is 2. The van der Waals surface area contributed by atoms with Gasteiger partial charge in [0, 0.05) is 13.1 Å². The number of hydrogen-bond donors (Lipinski definition) is 2. The maximum absolute atomic E-state index is 12.4. The van der Waals surface area contributed by atoms with Gasteiger partial charge >= 0.3 is 6.61 Å². The molecular formula is C16H21F2N3O2. The Kier molecular flexibility index (Phi) is 8.29. The van der Waals surface area contributed by atoms with E-state index in [9.17, 15) is 8.78 Å². The molecule has 0 aliphatic rings. The van der Waals surface area contributed by atoms with Crippen LogP contribution in [-0.4, -0.2) is 39.3 Å². The lowest BCUT2D eigenvalue weighted by Gasteiger charge is -2.11. The molecule has 126 valence electrons. The van der Waals surface area contributed by atoms with Crippen LogP contribution in [-0.2, 0) is 6.42 Å². The summed E-state index contributed by atoms with van der Waals surface area (Å²) in [5.41, 5.74) is 0.818. The molecule has 0 heterocycles. The van der Waals surface area contributed by atoms with E-state index in [1.165, 1.54) is 13.2 Å². The molecule has 0 unspecified atom stereocenters. The van der Waals surface area contributed by atoms with Crippen molar-refractivity contribution >= 4 is 5.96 Å². The maximum atomic E-state index is 12.4. The maximum Gasteiger partial charge on any atom is 0.387 e. The Bertz CT molecular complexity index is 557. The Morgan fingerprint density at radius 2 is 2.13 bits per heavy atom. The molecule has 0 aliphatic carbocycles. The summed E-state index contributed by atoms with van der Waals surface area (Å²) in [5.74, 6) is 3.36. The lowest BCUT2D eigenvalue weighted by atomic mass is 10.1. The van der Waals surface area contributed by atoms with E-state index in [1.807, 2.05) is 6.92 Å². The number of hydrogen-bond acceptors (Lipinski definition) is 3. The fourth-order valence-corrected chi connectivity index (χ4v) is 1.84. The first-order chi connectivity index (χ1) is 11.1. The third kappa shape index (κ3) is 6.87. The van der Waals surface area contributed by atoms with Crippen LogP contribution in [0.1, 0.15) is 12.5 Å². The van der Waals surface area contributed by atoms with Crippen LogP contribution in [0.5, 0.6) is 11.5 Å². The van der Waals surface area contributed by atoms with Crippen LogP contribution in [0.15, 0.2) is 23.2 Å². The number of terminal acetylenes is 1. The lowest BCUT2D eigenvalue weighted by molar-refractivity contribution is -0.0512. The van der Waals surface area contributed by atoms with Crippen molar-refractivity contribution in [1.82, 2.24) is 10.6 Å². The molecule has 0 fully saturated rings. The third-order valence-corrected chi connectivity index (χ3v) is 2.82. The van der Waals surface area contributed by atoms with Crippen LogP contribution < -0.4 is 20.1 Å². The number of nitrogens with zero attached hydrogens (tertiary/aromatic N) is 1. The van der Waals surface area contributed by atoms with Gasteiger partial charge in [0.15, 0.2) is 17.5 Å². The van der Waals surface area contributed by atoms with Gasteiger partial charge in [-0.15, -0.1) is 6.42 Å². The smallest absolute Gasteiger partial charge is 0.387 e. The largest absolute Gasteiger partial charge is 0.493 e. The zero-order chi connectivity index (χ0) is 17.1. The van der Waals surface area contributed by atoms with Crippen molar-refractivity contribution in [3.8, 4) is 23.8 Å². The van der Waals surface area contributed by atoms with Gasteiger partial charge in [-0.3, -0.25) is 4.99 Å². The van der Waals surface area contributed by atoms with E-state index < -0.39 is 6.61 Å². The number of alkyl halides is 2. The molecule has 0 saturated heterocycles. The molecular weight excluding hydrogens is 304 g/mol. The van der Waals surface area contributed by atoms with E-state index >= 15 is 0 Å². The molecule has 23 heavy (non-hydrogen) atoms. The normalized spacial score (nSPS) is 11.0. The van der Waals surface area contributed by atoms with Gasteiger partial charge in [-0.2, -0.15) is 8.78 Å². The van der Waals surface area contributed by atoms with Crippen LogP contribution in [0.2, 0.25) is 0 Å². The lowest BCUT2D eigenvalue weighted by Crippen LogP contribution is -2.37. The summed E-state index contributed by atoms with van der Waals surface area (Å²) in [7, 11) is 1.40. The van der Waals surface area contributed by atoms with Gasteiger partial charge in [-0.1, -0.05) is 12.0 Å². The van der Waals surface area contributed by atoms with Crippen LogP contribution >= 0.6 is 0 Å². The minimum absolute atomic E-state index is 0.0151. The summed E-state index contributed by atoms with van der Waals surface area (Å²) >= 11 is 0. The average Bonchev–Trinajstić information content (AvgIpc) is 2.52. The van der Waals surface area contributed by atoms with Crippen molar-refractivity contribution in [2.45, 2.75) is 20.0 Å². The second-order valence-corrected chi connectivity index (χ2v) is 4.43. The molecule has 0 spiro atoms. The number of benzene rings is 1. The predicted molar refractivity (Wildman–Crippen MR) is 86.1 cm³/mol. The van der Waals surface area contributed by atoms with Crippen molar-refractivity contribution < 1.29 is 18.3 Å². The van der Waals surface area contributed by atoms with Gasteiger partial charge in [0.1, 0.15) is 0 Å². The SMILES string of the molecule is C#CCNC(=NCCc1ccc(OC)c(OC(F)F)c1)NCC. The van der Waals surface area contributed by atoms with Crippen molar-refractivity contribution in [3.63, 3.8) is 0 Å². The molecule has 7 heteroatoms. The fourth-order valence-electron chi connectivity index (χ4n) is 1.84. The molecule has 5 nitrogen and oxygen atoms in total. The molecule has 1 rings (SSSR count). The molecule has 2 N–H and O–H groups in total. The molecule has 0 radical (unpaired) electrons. The Labute approximate surface area is 135 Å². The van der Waals surface area contributed by atoms with E-state index in [0.717, 1.165) is 5.56 Å². The van der Waals surface area contributed by atoms with Gasteiger partial charge in [-0.25, -0.2) is 0 Å². The molecule has 1 aromatic carbocycles. The highest BCUT2D eigenvalue weighted by Crippen LogP contribution is 2.29. The van der Waals surface area contributed by atoms with Gasteiger partial charge < -0.3 is 20.1 Å². The number of nitrogens with one attached hydrogen (secondary N) is 2. The monoisotopic (exact) mass is 325 g/mol. The average molecular weight is 325 g/mol. The minimum atomic E-state index is -2.90. The Morgan fingerprint density at radius 1 is 1.35 bits per heavy atom. The highest BCUT2D eigenvalue weighted by molar-refractivity contribution is 5.79. The van der Waals surface area contributed by atoms with Crippen molar-refractivity contribution in [1.29, 1.82) is 0 Å². The first-order valence-corrected chi connectivity index (χ1v) is 7.18. The second-order valence-electron chi connectivity index (χ2n) is 4.43. The van der Waals surface area contributed by atoms with Crippen molar-refractivity contribution in [2.75, 3.05) is 26.7 Å². The fraction of sp³-hybridized carbons (Fsp3) is 0.438. The van der Waals surface area contributed by atoms with Crippen molar-refractivity contribution in [2.24, 2.45) is 4.99 Å². The quantitative estimate of drug-likeness (QED) is 0.436. The van der Waals surface area contributed by atoms with Crippen LogP contribution in [0.4, 0.5) is 8.78 Å². The molecule has 0 amide bonds. The van der Waals surface area contributed by atoms with E-state index in [1.54, 1.807) is 12.1 Å². The number of methoxy groups -OCH3 is 1. The van der Waals surface area contributed by atoms with Crippen LogP contribution in [0.25, 0.3) is 0 Å². The second kappa shape index (κ2) is 10.3. The Morgan fingerprint density at radius 3 is 2.74 bits per heavy atom. The summed E-state index contributed by atoms with van der Waals surface area (Å²) in [4.78, 5) is 4.36. The first kappa shape index (κ1) is 18.6. The summed E-state index contributed by atoms with van der Waals surface area (Å²) in [6.45, 7) is 0.613. The summed E-state index contributed by atoms with van der Waals surface area (Å²) in [5, 5.41) is 6.03. The van der Waals surface area contributed by atoms with Crippen LogP contribution in [0.3, 0.4) is 0 Å². The van der Waals surface area contributed by atoms with E-state index in [2.05, 4.69) is 26.3 Å². The highest BCUT2D eigenvalue weighted by atomic mass is 19.3. The number of rotatable bonds is 8. The zero-order valence-corrected chi connectivity index (χ0v) is 13.2. The van der Waals surface area contributed by atoms with Gasteiger partial charge in [0.25, 0.3) is 0 Å². The molecule has 0 aromatic heterocycles. The Balaban J connectivity index is 2.71. The molecule has 0 saturated carbocycles. The van der Waals surface area contributed by atoms with E-state index in [4.69, 9.17) is 11.2 Å². The molecule has 1 aromatic rings. The number of guanidine groups is 1. The number of ether oxygens (including phenoxy) is 2. The standard InChI is InChI=1S/C16H21F2N3O2/c1-4-9-20-16(19-5-2)21-10-8-12-6-7-13(22-3)14(11-12)23-15(17)18/h1,6-7,11,15H,5,8-10H2,2-3H3,(H2,19,20,21). The summed E-state index contributed by atoms with van der Waals surface area (Å²) in [6.07, 6.45) is 5.76. The molecule has 0 bridgehead atoms. The highest BCUT2D eigenvalue weighted by Gasteiger charge is 2.11. The van der Waals surface area contributed by atoms with Gasteiger partial charge in [0.2, 0.25) is 0 Å². The van der Waals surface area contributed by atoms with Crippen molar-refractivity contribution in [3.05, 3.63) is 23.8 Å². The third-order valence-electron chi connectivity index (χ3n) is 2.82. The summed E-state index contributed by atoms with van der Waals surface area (Å²) in [6, 6.07) is 4.91. The Hall–Kier alpha value is -2.49. The molecule has 0 atom stereocenters. The zero-order valence-electron chi connectivity index (χ0n) is 13.2. The van der Waals surface area contributed by atoms with E-state index in [0.29, 0.717) is 32.0 Å². The van der Waals surface area contributed by atoms with E-state index in [-0.39, 0.29) is 11.5 Å². The predicted octanol–water partition coefficient (Wildman–Crippen LogP) is 2.03. The van der Waals surface area contributed by atoms with Gasteiger partial charge in [0.05, 0.1) is 13.7 Å². The van der Waals surface area contributed by atoms with Gasteiger partial charge in [-0.05, 0) is 31.0 Å². The minimum Gasteiger partial charge on any atom is -0.493 e.